The Morgan fingerprint density at radius 1 is 0.875 bits per heavy atom. The van der Waals surface area contributed by atoms with Gasteiger partial charge in [-0.05, 0) is 0 Å². The van der Waals surface area contributed by atoms with Crippen LogP contribution in [0.1, 0.15) is 15.9 Å². The van der Waals surface area contributed by atoms with Crippen molar-refractivity contribution in [2.75, 3.05) is 0 Å². The molecule has 2 rings (SSSR count). The zero-order chi connectivity index (χ0) is 11.4. The van der Waals surface area contributed by atoms with Crippen molar-refractivity contribution in [3.05, 3.63) is 65.7 Å². The summed E-state index contributed by atoms with van der Waals surface area (Å²) in [6, 6.07) is 17.3. The molecule has 0 aliphatic carbocycles. The molecule has 2 heteroatoms. The molecule has 0 radical (unpaired) electrons. The molecule has 0 amide bonds. The second-order valence-electron chi connectivity index (χ2n) is 3.42. The molecular weight excluding hydrogens is 263 g/mol. The summed E-state index contributed by atoms with van der Waals surface area (Å²) in [5, 5.41) is 0. The van der Waals surface area contributed by atoms with Crippen LogP contribution >= 0.6 is 0 Å². The van der Waals surface area contributed by atoms with E-state index in [2.05, 4.69) is 5.82 Å². The number of hydrogen-bond acceptors (Lipinski definition) is 1. The van der Waals surface area contributed by atoms with E-state index in [4.69, 9.17) is 0 Å². The Bertz CT molecular complexity index is 474. The maximum atomic E-state index is 12.1. The molecule has 80 valence electrons. The van der Waals surface area contributed by atoms with Gasteiger partial charge in [-0.15, -0.1) is 0 Å². The Balaban J connectivity index is 2.28. The molecule has 0 fully saturated rings. The molecule has 2 aromatic rings. The van der Waals surface area contributed by atoms with Crippen molar-refractivity contribution in [3.8, 4) is 0 Å². The molecular formula is C14H12OSe. The van der Waals surface area contributed by atoms with Gasteiger partial charge in [-0.25, -0.2) is 0 Å². The Kier molecular flexibility index (Phi) is 3.55. The van der Waals surface area contributed by atoms with Crippen LogP contribution in [0.3, 0.4) is 0 Å². The average Bonchev–Trinajstić information content (AvgIpc) is 2.39. The van der Waals surface area contributed by atoms with Crippen molar-refractivity contribution in [3.63, 3.8) is 0 Å². The molecule has 0 aromatic heterocycles. The summed E-state index contributed by atoms with van der Waals surface area (Å²) in [5.41, 5.74) is 1.51. The van der Waals surface area contributed by atoms with Gasteiger partial charge in [0.15, 0.2) is 0 Å². The van der Waals surface area contributed by atoms with Gasteiger partial charge in [0.2, 0.25) is 0 Å². The van der Waals surface area contributed by atoms with Gasteiger partial charge in [-0.3, -0.25) is 0 Å². The van der Waals surface area contributed by atoms with Gasteiger partial charge < -0.3 is 0 Å². The summed E-state index contributed by atoms with van der Waals surface area (Å²) in [7, 11) is 0. The molecule has 1 nitrogen and oxygen atoms in total. The van der Waals surface area contributed by atoms with E-state index in [0.29, 0.717) is 15.0 Å². The Morgan fingerprint density at radius 3 is 2.00 bits per heavy atom. The van der Waals surface area contributed by atoms with Crippen molar-refractivity contribution < 1.29 is 4.79 Å². The molecule has 0 saturated heterocycles. The molecule has 0 spiro atoms. The number of ketones is 1. The molecule has 0 aliphatic rings. The van der Waals surface area contributed by atoms with Crippen LogP contribution in [0.2, 0.25) is 5.82 Å². The molecule has 0 atom stereocenters. The van der Waals surface area contributed by atoms with Crippen LogP contribution in [0.15, 0.2) is 54.6 Å². The number of hydrogen-bond donors (Lipinski definition) is 0. The quantitative estimate of drug-likeness (QED) is 0.620. The Hall–Kier alpha value is -1.37. The summed E-state index contributed by atoms with van der Waals surface area (Å²) in [6.45, 7) is 0. The predicted molar refractivity (Wildman–Crippen MR) is 67.6 cm³/mol. The zero-order valence-electron chi connectivity index (χ0n) is 9.01. The SMILES string of the molecule is C[Se]c1ccc(C(=O)c2ccccc2)cc1. The summed E-state index contributed by atoms with van der Waals surface area (Å²) >= 11 is 0.494. The van der Waals surface area contributed by atoms with E-state index in [-0.39, 0.29) is 5.78 Å². The second-order valence-corrected chi connectivity index (χ2v) is 5.27. The molecule has 2 aromatic carbocycles. The number of carbonyl (C=O) groups is 1. The molecule has 0 saturated carbocycles. The third-order valence-corrected chi connectivity index (χ3v) is 3.95. The van der Waals surface area contributed by atoms with Gasteiger partial charge in [-0.2, -0.15) is 0 Å². The first-order valence-corrected chi connectivity index (χ1v) is 7.62. The molecule has 0 heterocycles. The van der Waals surface area contributed by atoms with Gasteiger partial charge in [0.1, 0.15) is 0 Å². The molecule has 0 N–H and O–H groups in total. The zero-order valence-corrected chi connectivity index (χ0v) is 10.7. The van der Waals surface area contributed by atoms with E-state index in [1.54, 1.807) is 0 Å². The van der Waals surface area contributed by atoms with Crippen molar-refractivity contribution in [2.45, 2.75) is 5.82 Å². The topological polar surface area (TPSA) is 17.1 Å². The first kappa shape index (κ1) is 11.1. The van der Waals surface area contributed by atoms with Crippen LogP contribution in [0.5, 0.6) is 0 Å². The summed E-state index contributed by atoms with van der Waals surface area (Å²) in [5.74, 6) is 2.26. The fourth-order valence-electron chi connectivity index (χ4n) is 1.50. The van der Waals surface area contributed by atoms with Gasteiger partial charge in [0.25, 0.3) is 0 Å². The van der Waals surface area contributed by atoms with E-state index < -0.39 is 0 Å². The third-order valence-electron chi connectivity index (χ3n) is 2.39. The van der Waals surface area contributed by atoms with Crippen molar-refractivity contribution in [1.82, 2.24) is 0 Å². The Labute approximate surface area is 102 Å². The average molecular weight is 275 g/mol. The van der Waals surface area contributed by atoms with Gasteiger partial charge in [-0.1, -0.05) is 0 Å². The van der Waals surface area contributed by atoms with E-state index in [0.717, 1.165) is 11.1 Å². The van der Waals surface area contributed by atoms with Gasteiger partial charge in [0, 0.05) is 0 Å². The second kappa shape index (κ2) is 5.11. The van der Waals surface area contributed by atoms with Gasteiger partial charge >= 0.3 is 102 Å². The summed E-state index contributed by atoms with van der Waals surface area (Å²) in [6.07, 6.45) is 0. The van der Waals surface area contributed by atoms with E-state index in [9.17, 15) is 4.79 Å². The van der Waals surface area contributed by atoms with Crippen LogP contribution < -0.4 is 4.46 Å². The van der Waals surface area contributed by atoms with Crippen molar-refractivity contribution in [2.24, 2.45) is 0 Å². The number of carbonyl (C=O) groups excluding carboxylic acids is 1. The molecule has 0 aliphatic heterocycles. The predicted octanol–water partition coefficient (Wildman–Crippen LogP) is 2.30. The van der Waals surface area contributed by atoms with Crippen LogP contribution in [-0.4, -0.2) is 20.7 Å². The summed E-state index contributed by atoms with van der Waals surface area (Å²) < 4.78 is 1.32. The fraction of sp³-hybridized carbons (Fsp3) is 0.0714. The third kappa shape index (κ3) is 2.41. The van der Waals surface area contributed by atoms with Crippen LogP contribution in [0.4, 0.5) is 0 Å². The normalized spacial score (nSPS) is 10.1. The minimum absolute atomic E-state index is 0.0933. The van der Waals surface area contributed by atoms with Crippen LogP contribution in [0, 0.1) is 0 Å². The standard InChI is InChI=1S/C14H12OSe/c1-16-13-9-7-12(8-10-13)14(15)11-5-3-2-4-6-11/h2-10H,1H3. The monoisotopic (exact) mass is 276 g/mol. The molecule has 0 bridgehead atoms. The Morgan fingerprint density at radius 2 is 1.44 bits per heavy atom. The molecule has 16 heavy (non-hydrogen) atoms. The first-order chi connectivity index (χ1) is 7.81. The van der Waals surface area contributed by atoms with E-state index >= 15 is 0 Å². The fourth-order valence-corrected chi connectivity index (χ4v) is 2.36. The van der Waals surface area contributed by atoms with Crippen LogP contribution in [-0.2, 0) is 0 Å². The number of rotatable bonds is 3. The van der Waals surface area contributed by atoms with Crippen molar-refractivity contribution >= 4 is 25.2 Å². The number of benzene rings is 2. The van der Waals surface area contributed by atoms with Gasteiger partial charge in [0.05, 0.1) is 0 Å². The van der Waals surface area contributed by atoms with Crippen LogP contribution in [0.25, 0.3) is 0 Å². The van der Waals surface area contributed by atoms with Crippen molar-refractivity contribution in [1.29, 1.82) is 0 Å². The minimum atomic E-state index is 0.0933. The first-order valence-electron chi connectivity index (χ1n) is 5.05. The van der Waals surface area contributed by atoms with E-state index in [1.165, 1.54) is 4.46 Å². The maximum absolute atomic E-state index is 12.1. The van der Waals surface area contributed by atoms with E-state index in [1.807, 2.05) is 54.6 Å². The summed E-state index contributed by atoms with van der Waals surface area (Å²) in [4.78, 5) is 12.1. The molecule has 0 unspecified atom stereocenters.